The van der Waals surface area contributed by atoms with Crippen LogP contribution in [-0.2, 0) is 4.79 Å². The van der Waals surface area contributed by atoms with Crippen LogP contribution in [0, 0.1) is 5.92 Å². The molecule has 0 rings (SSSR count). The molecule has 1 unspecified atom stereocenters. The second-order valence-electron chi connectivity index (χ2n) is 4.09. The summed E-state index contributed by atoms with van der Waals surface area (Å²) in [6.07, 6.45) is 0.0751. The van der Waals surface area contributed by atoms with Crippen LogP contribution in [0.1, 0.15) is 27.2 Å². The summed E-state index contributed by atoms with van der Waals surface area (Å²) in [6, 6.07) is -0.0259. The van der Waals surface area contributed by atoms with Crippen molar-refractivity contribution in [3.05, 3.63) is 0 Å². The fraction of sp³-hybridized carbons (Fsp3) is 0.800. The van der Waals surface area contributed by atoms with E-state index in [1.807, 2.05) is 13.8 Å². The van der Waals surface area contributed by atoms with E-state index in [4.69, 9.17) is 5.11 Å². The Morgan fingerprint density at radius 2 is 1.87 bits per heavy atom. The van der Waals surface area contributed by atoms with Crippen LogP contribution in [0.15, 0.2) is 0 Å². The monoisotopic (exact) mass is 216 g/mol. The average Bonchev–Trinajstić information content (AvgIpc) is 2.11. The van der Waals surface area contributed by atoms with Gasteiger partial charge < -0.3 is 15.3 Å². The molecular formula is C10H20N2O3. The lowest BCUT2D eigenvalue weighted by Crippen LogP contribution is -2.42. The number of urea groups is 1. The summed E-state index contributed by atoms with van der Waals surface area (Å²) in [5.41, 5.74) is 0. The van der Waals surface area contributed by atoms with Gasteiger partial charge in [0.25, 0.3) is 0 Å². The summed E-state index contributed by atoms with van der Waals surface area (Å²) >= 11 is 0. The first-order valence-electron chi connectivity index (χ1n) is 5.07. The third-order valence-electron chi connectivity index (χ3n) is 2.22. The standard InChI is InChI=1S/C10H20N2O3/c1-7(2)12(4)10(15)11-6-8(3)5-9(13)14/h7-8H,5-6H2,1-4H3,(H,11,15)(H,13,14). The second kappa shape index (κ2) is 6.27. The molecule has 2 amide bonds. The number of hydrogen-bond acceptors (Lipinski definition) is 2. The highest BCUT2D eigenvalue weighted by Gasteiger charge is 2.13. The van der Waals surface area contributed by atoms with Gasteiger partial charge in [0.1, 0.15) is 0 Å². The van der Waals surface area contributed by atoms with Crippen LogP contribution >= 0.6 is 0 Å². The number of hydrogen-bond donors (Lipinski definition) is 2. The molecule has 0 saturated heterocycles. The van der Waals surface area contributed by atoms with Gasteiger partial charge >= 0.3 is 12.0 Å². The Bertz CT molecular complexity index is 229. The van der Waals surface area contributed by atoms with Gasteiger partial charge in [0.15, 0.2) is 0 Å². The lowest BCUT2D eigenvalue weighted by molar-refractivity contribution is -0.137. The van der Waals surface area contributed by atoms with E-state index in [1.165, 1.54) is 0 Å². The van der Waals surface area contributed by atoms with Gasteiger partial charge in [0.2, 0.25) is 0 Å². The van der Waals surface area contributed by atoms with Gasteiger partial charge in [-0.3, -0.25) is 4.79 Å². The van der Waals surface area contributed by atoms with Crippen molar-refractivity contribution in [2.75, 3.05) is 13.6 Å². The summed E-state index contributed by atoms with van der Waals surface area (Å²) in [6.45, 7) is 6.02. The van der Waals surface area contributed by atoms with Crippen molar-refractivity contribution >= 4 is 12.0 Å². The normalized spacial score (nSPS) is 12.3. The second-order valence-corrected chi connectivity index (χ2v) is 4.09. The predicted octanol–water partition coefficient (Wildman–Crippen LogP) is 1.15. The Labute approximate surface area is 90.5 Å². The number of nitrogens with one attached hydrogen (secondary N) is 1. The third kappa shape index (κ3) is 5.93. The van der Waals surface area contributed by atoms with E-state index in [0.29, 0.717) is 6.54 Å². The molecule has 88 valence electrons. The zero-order chi connectivity index (χ0) is 12.0. The van der Waals surface area contributed by atoms with Crippen LogP contribution in [-0.4, -0.2) is 41.6 Å². The Kier molecular flexibility index (Phi) is 5.74. The molecule has 0 aromatic rings. The lowest BCUT2D eigenvalue weighted by Gasteiger charge is -2.22. The number of aliphatic carboxylic acids is 1. The molecule has 5 nitrogen and oxygen atoms in total. The van der Waals surface area contributed by atoms with E-state index >= 15 is 0 Å². The van der Waals surface area contributed by atoms with Crippen LogP contribution in [0.2, 0.25) is 0 Å². The summed E-state index contributed by atoms with van der Waals surface area (Å²) in [5.74, 6) is -0.888. The molecule has 0 aliphatic rings. The lowest BCUT2D eigenvalue weighted by atomic mass is 10.1. The van der Waals surface area contributed by atoms with Gasteiger partial charge in [-0.15, -0.1) is 0 Å². The molecule has 0 saturated carbocycles. The van der Waals surface area contributed by atoms with Gasteiger partial charge in [-0.05, 0) is 19.8 Å². The number of amides is 2. The summed E-state index contributed by atoms with van der Waals surface area (Å²) in [5, 5.41) is 11.2. The number of carboxylic acids is 1. The first-order valence-corrected chi connectivity index (χ1v) is 5.07. The minimum Gasteiger partial charge on any atom is -0.481 e. The van der Waals surface area contributed by atoms with Gasteiger partial charge in [-0.1, -0.05) is 6.92 Å². The molecule has 0 heterocycles. The molecule has 0 radical (unpaired) electrons. The largest absolute Gasteiger partial charge is 0.481 e. The Hall–Kier alpha value is -1.26. The topological polar surface area (TPSA) is 69.6 Å². The first-order chi connectivity index (χ1) is 6.84. The molecule has 15 heavy (non-hydrogen) atoms. The minimum atomic E-state index is -0.839. The quantitative estimate of drug-likeness (QED) is 0.724. The molecular weight excluding hydrogens is 196 g/mol. The zero-order valence-electron chi connectivity index (χ0n) is 9.78. The highest BCUT2D eigenvalue weighted by atomic mass is 16.4. The van der Waals surface area contributed by atoms with E-state index in [0.717, 1.165) is 0 Å². The Morgan fingerprint density at radius 3 is 2.27 bits per heavy atom. The van der Waals surface area contributed by atoms with Crippen molar-refractivity contribution in [1.29, 1.82) is 0 Å². The molecule has 0 aliphatic heterocycles. The molecule has 0 spiro atoms. The fourth-order valence-corrected chi connectivity index (χ4v) is 0.991. The maximum absolute atomic E-state index is 11.4. The highest BCUT2D eigenvalue weighted by molar-refractivity contribution is 5.74. The van der Waals surface area contributed by atoms with Crippen molar-refractivity contribution in [2.45, 2.75) is 33.2 Å². The molecule has 0 bridgehead atoms. The molecule has 0 aliphatic carbocycles. The van der Waals surface area contributed by atoms with Crippen molar-refractivity contribution < 1.29 is 14.7 Å². The van der Waals surface area contributed by atoms with Crippen LogP contribution in [0.25, 0.3) is 0 Å². The zero-order valence-corrected chi connectivity index (χ0v) is 9.78. The van der Waals surface area contributed by atoms with E-state index in [9.17, 15) is 9.59 Å². The summed E-state index contributed by atoms with van der Waals surface area (Å²) in [7, 11) is 1.71. The Balaban J connectivity index is 3.85. The van der Waals surface area contributed by atoms with Crippen molar-refractivity contribution in [3.8, 4) is 0 Å². The third-order valence-corrected chi connectivity index (χ3v) is 2.22. The molecule has 0 aromatic carbocycles. The number of rotatable bonds is 5. The number of carboxylic acid groups (broad SMARTS) is 1. The summed E-state index contributed by atoms with van der Waals surface area (Å²) in [4.78, 5) is 23.4. The van der Waals surface area contributed by atoms with E-state index < -0.39 is 5.97 Å². The van der Waals surface area contributed by atoms with E-state index in [1.54, 1.807) is 18.9 Å². The number of nitrogens with zero attached hydrogens (tertiary/aromatic N) is 1. The van der Waals surface area contributed by atoms with Gasteiger partial charge in [-0.25, -0.2) is 4.79 Å². The van der Waals surface area contributed by atoms with E-state index in [-0.39, 0.29) is 24.4 Å². The van der Waals surface area contributed by atoms with Gasteiger partial charge in [0.05, 0.1) is 0 Å². The smallest absolute Gasteiger partial charge is 0.317 e. The highest BCUT2D eigenvalue weighted by Crippen LogP contribution is 2.00. The Morgan fingerprint density at radius 1 is 1.33 bits per heavy atom. The van der Waals surface area contributed by atoms with Crippen LogP contribution in [0.3, 0.4) is 0 Å². The fourth-order valence-electron chi connectivity index (χ4n) is 0.991. The van der Waals surface area contributed by atoms with Gasteiger partial charge in [-0.2, -0.15) is 0 Å². The molecule has 0 aromatic heterocycles. The molecule has 0 fully saturated rings. The maximum Gasteiger partial charge on any atom is 0.317 e. The predicted molar refractivity (Wildman–Crippen MR) is 57.7 cm³/mol. The van der Waals surface area contributed by atoms with Crippen molar-refractivity contribution in [3.63, 3.8) is 0 Å². The number of carbonyl (C=O) groups is 2. The van der Waals surface area contributed by atoms with E-state index in [2.05, 4.69) is 5.32 Å². The van der Waals surface area contributed by atoms with Gasteiger partial charge in [0, 0.05) is 26.1 Å². The molecule has 1 atom stereocenters. The van der Waals surface area contributed by atoms with Crippen molar-refractivity contribution in [2.24, 2.45) is 5.92 Å². The molecule has 5 heteroatoms. The van der Waals surface area contributed by atoms with Crippen LogP contribution in [0.5, 0.6) is 0 Å². The SMILES string of the molecule is CC(CNC(=O)N(C)C(C)C)CC(=O)O. The summed E-state index contributed by atoms with van der Waals surface area (Å²) < 4.78 is 0. The first kappa shape index (κ1) is 13.7. The minimum absolute atomic E-state index is 0.0491. The maximum atomic E-state index is 11.4. The van der Waals surface area contributed by atoms with Crippen LogP contribution in [0.4, 0.5) is 4.79 Å². The van der Waals surface area contributed by atoms with Crippen LogP contribution < -0.4 is 5.32 Å². The average molecular weight is 216 g/mol. The number of carbonyl (C=O) groups excluding carboxylic acids is 1. The van der Waals surface area contributed by atoms with Crippen molar-refractivity contribution in [1.82, 2.24) is 10.2 Å². The molecule has 2 N–H and O–H groups in total.